The van der Waals surface area contributed by atoms with E-state index in [0.717, 1.165) is 6.42 Å². The van der Waals surface area contributed by atoms with Crippen LogP contribution >= 0.6 is 0 Å². The van der Waals surface area contributed by atoms with Gasteiger partial charge in [0.15, 0.2) is 0 Å². The smallest absolute Gasteiger partial charge is 0.224 e. The van der Waals surface area contributed by atoms with Gasteiger partial charge in [-0.1, -0.05) is 44.2 Å². The molecule has 0 saturated carbocycles. The van der Waals surface area contributed by atoms with E-state index in [-0.39, 0.29) is 17.7 Å². The number of carbonyl (C=O) groups excluding carboxylic acids is 2. The number of hydrogen-bond acceptors (Lipinski definition) is 2. The highest BCUT2D eigenvalue weighted by atomic mass is 16.2. The SMILES string of the molecule is CC(C)[C@H](CNC(=O)[C@H]1CCC(=O)NC1)Cc1ccccc1. The van der Waals surface area contributed by atoms with Gasteiger partial charge in [-0.2, -0.15) is 0 Å². The Bertz CT molecular complexity index is 489. The van der Waals surface area contributed by atoms with Crippen molar-refractivity contribution in [1.82, 2.24) is 10.6 Å². The summed E-state index contributed by atoms with van der Waals surface area (Å²) >= 11 is 0. The quantitative estimate of drug-likeness (QED) is 0.846. The van der Waals surface area contributed by atoms with Gasteiger partial charge >= 0.3 is 0 Å². The number of rotatable bonds is 6. The Morgan fingerprint density at radius 3 is 2.64 bits per heavy atom. The van der Waals surface area contributed by atoms with E-state index in [9.17, 15) is 9.59 Å². The molecule has 1 aliphatic heterocycles. The fraction of sp³-hybridized carbons (Fsp3) is 0.556. The lowest BCUT2D eigenvalue weighted by Gasteiger charge is -2.25. The average Bonchev–Trinajstić information content (AvgIpc) is 2.52. The molecule has 1 aromatic carbocycles. The first-order valence-electron chi connectivity index (χ1n) is 8.14. The Morgan fingerprint density at radius 2 is 2.05 bits per heavy atom. The highest BCUT2D eigenvalue weighted by molar-refractivity contribution is 5.83. The predicted molar refractivity (Wildman–Crippen MR) is 87.2 cm³/mol. The molecule has 4 heteroatoms. The number of nitrogens with one attached hydrogen (secondary N) is 2. The van der Waals surface area contributed by atoms with E-state index in [1.54, 1.807) is 0 Å². The number of benzene rings is 1. The molecule has 1 fully saturated rings. The molecule has 2 rings (SSSR count). The van der Waals surface area contributed by atoms with Crippen LogP contribution in [0.4, 0.5) is 0 Å². The van der Waals surface area contributed by atoms with E-state index in [4.69, 9.17) is 0 Å². The second-order valence-electron chi connectivity index (χ2n) is 6.48. The van der Waals surface area contributed by atoms with Gasteiger partial charge in [0.2, 0.25) is 11.8 Å². The largest absolute Gasteiger partial charge is 0.356 e. The van der Waals surface area contributed by atoms with Gasteiger partial charge in [0.05, 0.1) is 5.92 Å². The topological polar surface area (TPSA) is 58.2 Å². The highest BCUT2D eigenvalue weighted by Gasteiger charge is 2.25. The zero-order valence-corrected chi connectivity index (χ0v) is 13.5. The Kier molecular flexibility index (Phi) is 5.99. The van der Waals surface area contributed by atoms with Gasteiger partial charge < -0.3 is 10.6 Å². The van der Waals surface area contributed by atoms with Crippen molar-refractivity contribution in [2.75, 3.05) is 13.1 Å². The molecule has 0 spiro atoms. The fourth-order valence-corrected chi connectivity index (χ4v) is 2.79. The molecule has 2 N–H and O–H groups in total. The maximum Gasteiger partial charge on any atom is 0.224 e. The molecule has 0 aliphatic carbocycles. The van der Waals surface area contributed by atoms with Crippen molar-refractivity contribution in [1.29, 1.82) is 0 Å². The molecule has 4 nitrogen and oxygen atoms in total. The molecule has 1 aliphatic rings. The van der Waals surface area contributed by atoms with Crippen LogP contribution in [-0.4, -0.2) is 24.9 Å². The molecule has 1 heterocycles. The van der Waals surface area contributed by atoms with E-state index >= 15 is 0 Å². The van der Waals surface area contributed by atoms with E-state index < -0.39 is 0 Å². The van der Waals surface area contributed by atoms with Crippen LogP contribution in [0.3, 0.4) is 0 Å². The van der Waals surface area contributed by atoms with E-state index in [1.165, 1.54) is 5.56 Å². The predicted octanol–water partition coefficient (Wildman–Crippen LogP) is 2.14. The molecular formula is C18H26N2O2. The van der Waals surface area contributed by atoms with Crippen LogP contribution < -0.4 is 10.6 Å². The van der Waals surface area contributed by atoms with Crippen molar-refractivity contribution >= 4 is 11.8 Å². The van der Waals surface area contributed by atoms with Crippen LogP contribution in [0, 0.1) is 17.8 Å². The van der Waals surface area contributed by atoms with E-state index in [1.807, 2.05) is 6.07 Å². The summed E-state index contributed by atoms with van der Waals surface area (Å²) in [5.41, 5.74) is 1.31. The van der Waals surface area contributed by atoms with E-state index in [2.05, 4.69) is 48.7 Å². The summed E-state index contributed by atoms with van der Waals surface area (Å²) in [5, 5.41) is 5.84. The van der Waals surface area contributed by atoms with Gasteiger partial charge in [-0.25, -0.2) is 0 Å². The first-order valence-corrected chi connectivity index (χ1v) is 8.14. The van der Waals surface area contributed by atoms with Crippen LogP contribution in [-0.2, 0) is 16.0 Å². The summed E-state index contributed by atoms with van der Waals surface area (Å²) in [4.78, 5) is 23.4. The van der Waals surface area contributed by atoms with Gasteiger partial charge in [-0.05, 0) is 30.2 Å². The first kappa shape index (κ1) is 16.5. The summed E-state index contributed by atoms with van der Waals surface area (Å²) in [7, 11) is 0. The van der Waals surface area contributed by atoms with Crippen LogP contribution in [0.25, 0.3) is 0 Å². The van der Waals surface area contributed by atoms with Crippen molar-refractivity contribution < 1.29 is 9.59 Å². The molecule has 2 amide bonds. The summed E-state index contributed by atoms with van der Waals surface area (Å²) in [6.45, 7) is 5.55. The summed E-state index contributed by atoms with van der Waals surface area (Å²) in [6, 6.07) is 10.4. The second-order valence-corrected chi connectivity index (χ2v) is 6.48. The van der Waals surface area contributed by atoms with Gasteiger partial charge in [0.1, 0.15) is 0 Å². The molecule has 0 aromatic heterocycles. The number of carbonyl (C=O) groups is 2. The van der Waals surface area contributed by atoms with Crippen LogP contribution in [0.2, 0.25) is 0 Å². The van der Waals surface area contributed by atoms with Gasteiger partial charge in [-0.15, -0.1) is 0 Å². The lowest BCUT2D eigenvalue weighted by Crippen LogP contribution is -2.44. The Balaban J connectivity index is 1.83. The fourth-order valence-electron chi connectivity index (χ4n) is 2.79. The molecular weight excluding hydrogens is 276 g/mol. The lowest BCUT2D eigenvalue weighted by molar-refractivity contribution is -0.129. The molecule has 2 atom stereocenters. The third kappa shape index (κ3) is 4.86. The number of piperidine rings is 1. The Morgan fingerprint density at radius 1 is 1.32 bits per heavy atom. The minimum Gasteiger partial charge on any atom is -0.356 e. The van der Waals surface area contributed by atoms with Crippen molar-refractivity contribution in [2.45, 2.75) is 33.1 Å². The summed E-state index contributed by atoms with van der Waals surface area (Å²) in [6.07, 6.45) is 2.08. The zero-order chi connectivity index (χ0) is 15.9. The van der Waals surface area contributed by atoms with Crippen molar-refractivity contribution in [3.05, 3.63) is 35.9 Å². The molecule has 0 radical (unpaired) electrons. The lowest BCUT2D eigenvalue weighted by atomic mass is 9.89. The van der Waals surface area contributed by atoms with Gasteiger partial charge in [0.25, 0.3) is 0 Å². The number of hydrogen-bond donors (Lipinski definition) is 2. The zero-order valence-electron chi connectivity index (χ0n) is 13.5. The van der Waals surface area contributed by atoms with Gasteiger partial charge in [0, 0.05) is 19.5 Å². The molecule has 0 bridgehead atoms. The van der Waals surface area contributed by atoms with Crippen molar-refractivity contribution in [3.8, 4) is 0 Å². The molecule has 1 aromatic rings. The maximum absolute atomic E-state index is 12.2. The van der Waals surface area contributed by atoms with Crippen LogP contribution in [0.5, 0.6) is 0 Å². The van der Waals surface area contributed by atoms with Crippen molar-refractivity contribution in [2.24, 2.45) is 17.8 Å². The average molecular weight is 302 g/mol. The first-order chi connectivity index (χ1) is 10.6. The summed E-state index contributed by atoms with van der Waals surface area (Å²) < 4.78 is 0. The minimum atomic E-state index is -0.0813. The molecule has 120 valence electrons. The van der Waals surface area contributed by atoms with Crippen LogP contribution in [0.15, 0.2) is 30.3 Å². The maximum atomic E-state index is 12.2. The summed E-state index contributed by atoms with van der Waals surface area (Å²) in [5.74, 6) is 0.963. The van der Waals surface area contributed by atoms with Crippen molar-refractivity contribution in [3.63, 3.8) is 0 Å². The molecule has 0 unspecified atom stereocenters. The third-order valence-electron chi connectivity index (χ3n) is 4.46. The monoisotopic (exact) mass is 302 g/mol. The Hall–Kier alpha value is -1.84. The van der Waals surface area contributed by atoms with E-state index in [0.29, 0.717) is 37.8 Å². The molecule has 1 saturated heterocycles. The third-order valence-corrected chi connectivity index (χ3v) is 4.46. The standard InChI is InChI=1S/C18H26N2O2/c1-13(2)16(10-14-6-4-3-5-7-14)12-20-18(22)15-8-9-17(21)19-11-15/h3-7,13,15-16H,8-12H2,1-2H3,(H,19,21)(H,20,22)/t15-,16-/m0/s1. The second kappa shape index (κ2) is 7.97. The Labute approximate surface area is 132 Å². The normalized spacial score (nSPS) is 19.6. The van der Waals surface area contributed by atoms with Crippen LogP contribution in [0.1, 0.15) is 32.3 Å². The minimum absolute atomic E-state index is 0.0492. The number of amides is 2. The van der Waals surface area contributed by atoms with Gasteiger partial charge in [-0.3, -0.25) is 9.59 Å². The molecule has 22 heavy (non-hydrogen) atoms. The highest BCUT2D eigenvalue weighted by Crippen LogP contribution is 2.17.